The average Bonchev–Trinajstić information content (AvgIpc) is 3.53. The van der Waals surface area contributed by atoms with E-state index in [1.807, 2.05) is 4.90 Å². The number of rotatable bonds is 6. The summed E-state index contributed by atoms with van der Waals surface area (Å²) in [5.41, 5.74) is 0.567. The molecule has 2 aliphatic rings. The average molecular weight is 497 g/mol. The maximum Gasteiger partial charge on any atom is 0.471 e. The number of halogens is 3. The zero-order valence-electron chi connectivity index (χ0n) is 19.1. The van der Waals surface area contributed by atoms with Gasteiger partial charge in [-0.05, 0) is 25.0 Å². The molecule has 10 nitrogen and oxygen atoms in total. The Kier molecular flexibility index (Phi) is 7.55. The van der Waals surface area contributed by atoms with Crippen molar-refractivity contribution in [3.63, 3.8) is 0 Å². The van der Waals surface area contributed by atoms with Gasteiger partial charge in [-0.2, -0.15) is 18.2 Å². The fraction of sp³-hybridized carbons (Fsp3) is 0.545. The Hall–Kier alpha value is -3.19. The molecule has 1 aromatic carbocycles. The van der Waals surface area contributed by atoms with E-state index in [0.29, 0.717) is 38.5 Å². The summed E-state index contributed by atoms with van der Waals surface area (Å²) in [6.07, 6.45) is -2.92. The van der Waals surface area contributed by atoms with Gasteiger partial charge in [-0.1, -0.05) is 17.3 Å². The van der Waals surface area contributed by atoms with Crippen molar-refractivity contribution in [2.24, 2.45) is 0 Å². The minimum absolute atomic E-state index is 0.0375. The Labute approximate surface area is 199 Å². The molecule has 0 saturated carbocycles. The summed E-state index contributed by atoms with van der Waals surface area (Å²) < 4.78 is 53.0. The van der Waals surface area contributed by atoms with Crippen LogP contribution in [0.3, 0.4) is 0 Å². The minimum Gasteiger partial charge on any atom is -0.383 e. The van der Waals surface area contributed by atoms with Crippen LogP contribution in [0.5, 0.6) is 0 Å². The van der Waals surface area contributed by atoms with Crippen molar-refractivity contribution in [1.82, 2.24) is 25.3 Å². The summed E-state index contributed by atoms with van der Waals surface area (Å²) >= 11 is 0. The summed E-state index contributed by atoms with van der Waals surface area (Å²) in [4.78, 5) is 32.7. The quantitative estimate of drug-likeness (QED) is 0.653. The Morgan fingerprint density at radius 3 is 2.60 bits per heavy atom. The molecule has 2 saturated heterocycles. The third-order valence-electron chi connectivity index (χ3n) is 6.03. The van der Waals surface area contributed by atoms with Crippen molar-refractivity contribution in [2.75, 3.05) is 46.6 Å². The Morgan fingerprint density at radius 1 is 1.17 bits per heavy atom. The van der Waals surface area contributed by atoms with E-state index < -0.39 is 18.0 Å². The molecule has 35 heavy (non-hydrogen) atoms. The van der Waals surface area contributed by atoms with Gasteiger partial charge in [-0.15, -0.1) is 0 Å². The van der Waals surface area contributed by atoms with Crippen LogP contribution >= 0.6 is 0 Å². The molecule has 0 unspecified atom stereocenters. The molecule has 1 aromatic heterocycles. The monoisotopic (exact) mass is 497 g/mol. The molecule has 2 atom stereocenters. The van der Waals surface area contributed by atoms with Crippen molar-refractivity contribution in [3.05, 3.63) is 35.7 Å². The molecule has 0 bridgehead atoms. The van der Waals surface area contributed by atoms with Gasteiger partial charge in [0.1, 0.15) is 0 Å². The summed E-state index contributed by atoms with van der Waals surface area (Å²) in [6, 6.07) is 5.39. The van der Waals surface area contributed by atoms with Gasteiger partial charge in [0.2, 0.25) is 5.82 Å². The van der Waals surface area contributed by atoms with E-state index >= 15 is 0 Å². The van der Waals surface area contributed by atoms with Gasteiger partial charge in [0.05, 0.1) is 31.9 Å². The standard InChI is InChI=1S/C22H26F3N5O5/c1-33-12-16-3-2-8-29(16)21(32)30-9-10-34-13-17(30)11-26-19(31)15-6-4-14(5-7-15)18-27-20(35-28-18)22(23,24)25/h4-7,16-17H,2-3,8-13H2,1H3,(H,26,31)/t16-,17+/m1/s1. The first-order valence-corrected chi connectivity index (χ1v) is 11.2. The van der Waals surface area contributed by atoms with Gasteiger partial charge in [0.25, 0.3) is 5.91 Å². The van der Waals surface area contributed by atoms with E-state index in [1.54, 1.807) is 12.0 Å². The zero-order chi connectivity index (χ0) is 25.0. The van der Waals surface area contributed by atoms with E-state index in [1.165, 1.54) is 24.3 Å². The molecule has 0 aliphatic carbocycles. The van der Waals surface area contributed by atoms with E-state index in [2.05, 4.69) is 20.0 Å². The molecule has 13 heteroatoms. The number of amides is 3. The van der Waals surface area contributed by atoms with Crippen molar-refractivity contribution < 1.29 is 36.8 Å². The third kappa shape index (κ3) is 5.73. The maximum atomic E-state index is 13.2. The van der Waals surface area contributed by atoms with Crippen LogP contribution in [0.4, 0.5) is 18.0 Å². The van der Waals surface area contributed by atoms with Gasteiger partial charge in [-0.25, -0.2) is 4.79 Å². The van der Waals surface area contributed by atoms with Gasteiger partial charge in [0, 0.05) is 37.9 Å². The Bertz CT molecular complexity index is 1030. The molecule has 190 valence electrons. The number of methoxy groups -OCH3 is 1. The lowest BCUT2D eigenvalue weighted by Crippen LogP contribution is -2.58. The van der Waals surface area contributed by atoms with Crippen molar-refractivity contribution in [3.8, 4) is 11.4 Å². The van der Waals surface area contributed by atoms with E-state index in [9.17, 15) is 22.8 Å². The van der Waals surface area contributed by atoms with Crippen molar-refractivity contribution in [1.29, 1.82) is 0 Å². The highest BCUT2D eigenvalue weighted by Gasteiger charge is 2.39. The van der Waals surface area contributed by atoms with E-state index in [0.717, 1.165) is 12.8 Å². The molecule has 2 aliphatic heterocycles. The number of carbonyl (C=O) groups excluding carboxylic acids is 2. The zero-order valence-corrected chi connectivity index (χ0v) is 19.1. The second kappa shape index (κ2) is 10.6. The molecule has 3 heterocycles. The number of likely N-dealkylation sites (tertiary alicyclic amines) is 1. The van der Waals surface area contributed by atoms with Crippen LogP contribution in [0.1, 0.15) is 29.1 Å². The predicted molar refractivity (Wildman–Crippen MR) is 115 cm³/mol. The van der Waals surface area contributed by atoms with Gasteiger partial charge >= 0.3 is 18.1 Å². The normalized spacial score (nSPS) is 20.8. The largest absolute Gasteiger partial charge is 0.471 e. The number of hydrogen-bond donors (Lipinski definition) is 1. The topological polar surface area (TPSA) is 110 Å². The molecular formula is C22H26F3N5O5. The van der Waals surface area contributed by atoms with Crippen molar-refractivity contribution >= 4 is 11.9 Å². The first kappa shape index (κ1) is 24.9. The number of alkyl halides is 3. The lowest BCUT2D eigenvalue weighted by Gasteiger charge is -2.39. The van der Waals surface area contributed by atoms with Crippen LogP contribution in [-0.2, 0) is 15.7 Å². The molecule has 0 spiro atoms. The van der Waals surface area contributed by atoms with Crippen LogP contribution in [0.25, 0.3) is 11.4 Å². The second-order valence-corrected chi connectivity index (χ2v) is 8.36. The fourth-order valence-corrected chi connectivity index (χ4v) is 4.23. The highest BCUT2D eigenvalue weighted by molar-refractivity contribution is 5.94. The van der Waals surface area contributed by atoms with Crippen LogP contribution in [0, 0.1) is 0 Å². The number of morpholine rings is 1. The van der Waals surface area contributed by atoms with Crippen LogP contribution in [0.15, 0.2) is 28.8 Å². The number of hydrogen-bond acceptors (Lipinski definition) is 7. The number of nitrogens with zero attached hydrogens (tertiary/aromatic N) is 4. The summed E-state index contributed by atoms with van der Waals surface area (Å²) in [5, 5.41) is 6.14. The summed E-state index contributed by atoms with van der Waals surface area (Å²) in [5.74, 6) is -2.06. The number of ether oxygens (including phenoxy) is 2. The van der Waals surface area contributed by atoms with Gasteiger partial charge in [-0.3, -0.25) is 4.79 Å². The number of carbonyl (C=O) groups is 2. The highest BCUT2D eigenvalue weighted by atomic mass is 19.4. The van der Waals surface area contributed by atoms with Crippen LogP contribution in [0.2, 0.25) is 0 Å². The maximum absolute atomic E-state index is 13.2. The summed E-state index contributed by atoms with van der Waals surface area (Å²) in [7, 11) is 1.61. The van der Waals surface area contributed by atoms with Crippen LogP contribution < -0.4 is 5.32 Å². The van der Waals surface area contributed by atoms with Crippen molar-refractivity contribution in [2.45, 2.75) is 31.1 Å². The summed E-state index contributed by atoms with van der Waals surface area (Å²) in [6.45, 7) is 2.48. The number of aromatic nitrogens is 2. The number of benzene rings is 1. The lowest BCUT2D eigenvalue weighted by atomic mass is 10.1. The molecule has 2 fully saturated rings. The smallest absolute Gasteiger partial charge is 0.383 e. The minimum atomic E-state index is -4.73. The fourth-order valence-electron chi connectivity index (χ4n) is 4.23. The Morgan fingerprint density at radius 2 is 1.91 bits per heavy atom. The second-order valence-electron chi connectivity index (χ2n) is 8.36. The molecule has 1 N–H and O–H groups in total. The molecule has 4 rings (SSSR count). The Balaban J connectivity index is 1.36. The molecule has 0 radical (unpaired) electrons. The molecule has 2 aromatic rings. The lowest BCUT2D eigenvalue weighted by molar-refractivity contribution is -0.159. The molecule has 3 amide bonds. The first-order chi connectivity index (χ1) is 16.8. The first-order valence-electron chi connectivity index (χ1n) is 11.2. The van der Waals surface area contributed by atoms with E-state index in [4.69, 9.17) is 9.47 Å². The third-order valence-corrected chi connectivity index (χ3v) is 6.03. The molecular weight excluding hydrogens is 471 g/mol. The number of nitrogens with one attached hydrogen (secondary N) is 1. The van der Waals surface area contributed by atoms with E-state index in [-0.39, 0.29) is 36.0 Å². The SMILES string of the molecule is COC[C@H]1CCCN1C(=O)N1CCOC[C@@H]1CNC(=O)c1ccc(-c2noc(C(F)(F)F)n2)cc1. The van der Waals surface area contributed by atoms with Crippen LogP contribution in [-0.4, -0.2) is 90.5 Å². The number of urea groups is 1. The predicted octanol–water partition coefficient (Wildman–Crippen LogP) is 2.42. The van der Waals surface area contributed by atoms with Gasteiger partial charge < -0.3 is 29.1 Å². The van der Waals surface area contributed by atoms with Gasteiger partial charge in [0.15, 0.2) is 0 Å². The highest BCUT2D eigenvalue weighted by Crippen LogP contribution is 2.29.